The maximum absolute atomic E-state index is 11.4. The van der Waals surface area contributed by atoms with Crippen molar-refractivity contribution in [3.05, 3.63) is 0 Å². The van der Waals surface area contributed by atoms with Gasteiger partial charge in [0.25, 0.3) is 0 Å². The second kappa shape index (κ2) is 5.72. The predicted molar refractivity (Wildman–Crippen MR) is 58.2 cm³/mol. The smallest absolute Gasteiger partial charge is 0.409 e. The molecule has 0 saturated heterocycles. The molecule has 0 aliphatic heterocycles. The van der Waals surface area contributed by atoms with Crippen molar-refractivity contribution in [2.45, 2.75) is 38.6 Å². The van der Waals surface area contributed by atoms with Gasteiger partial charge in [-0.05, 0) is 32.6 Å². The Balaban J connectivity index is 2.41. The third-order valence-electron chi connectivity index (χ3n) is 3.15. The zero-order valence-corrected chi connectivity index (χ0v) is 9.81. The molecule has 1 aliphatic rings. The summed E-state index contributed by atoms with van der Waals surface area (Å²) < 4.78 is 4.90. The van der Waals surface area contributed by atoms with Crippen molar-refractivity contribution in [1.29, 1.82) is 0 Å². The lowest BCUT2D eigenvalue weighted by Gasteiger charge is -2.32. The van der Waals surface area contributed by atoms with Crippen molar-refractivity contribution in [2.24, 2.45) is 5.92 Å². The molecule has 1 saturated carbocycles. The van der Waals surface area contributed by atoms with Crippen LogP contribution in [-0.2, 0) is 9.53 Å². The standard InChI is InChI=1S/C11H19NO4/c1-3-16-11(15)12(2)9-6-4-8(5-7-9)10(13)14/h8-9H,3-7H2,1-2H3,(H,13,14). The van der Waals surface area contributed by atoms with E-state index in [9.17, 15) is 9.59 Å². The number of amides is 1. The van der Waals surface area contributed by atoms with E-state index in [1.165, 1.54) is 0 Å². The molecule has 16 heavy (non-hydrogen) atoms. The van der Waals surface area contributed by atoms with Gasteiger partial charge in [-0.3, -0.25) is 4.79 Å². The van der Waals surface area contributed by atoms with E-state index < -0.39 is 5.97 Å². The average molecular weight is 229 g/mol. The molecule has 0 unspecified atom stereocenters. The van der Waals surface area contributed by atoms with Gasteiger partial charge < -0.3 is 14.7 Å². The summed E-state index contributed by atoms with van der Waals surface area (Å²) in [5, 5.41) is 8.85. The van der Waals surface area contributed by atoms with E-state index in [-0.39, 0.29) is 18.1 Å². The fourth-order valence-electron chi connectivity index (χ4n) is 2.08. The Bertz CT molecular complexity index is 259. The highest BCUT2D eigenvalue weighted by Crippen LogP contribution is 2.27. The largest absolute Gasteiger partial charge is 0.481 e. The van der Waals surface area contributed by atoms with E-state index in [4.69, 9.17) is 9.84 Å². The van der Waals surface area contributed by atoms with Crippen molar-refractivity contribution in [1.82, 2.24) is 4.90 Å². The number of carbonyl (C=O) groups excluding carboxylic acids is 1. The van der Waals surface area contributed by atoms with Gasteiger partial charge in [-0.15, -0.1) is 0 Å². The Morgan fingerprint density at radius 2 is 1.88 bits per heavy atom. The fourth-order valence-corrected chi connectivity index (χ4v) is 2.08. The van der Waals surface area contributed by atoms with E-state index in [2.05, 4.69) is 0 Å². The Labute approximate surface area is 95.4 Å². The second-order valence-corrected chi connectivity index (χ2v) is 4.15. The van der Waals surface area contributed by atoms with Gasteiger partial charge in [0.05, 0.1) is 12.5 Å². The van der Waals surface area contributed by atoms with E-state index >= 15 is 0 Å². The first-order valence-corrected chi connectivity index (χ1v) is 5.68. The summed E-state index contributed by atoms with van der Waals surface area (Å²) in [6.07, 6.45) is 2.45. The number of rotatable bonds is 3. The lowest BCUT2D eigenvalue weighted by atomic mass is 9.85. The third kappa shape index (κ3) is 3.12. The maximum atomic E-state index is 11.4. The number of carboxylic acids is 1. The Morgan fingerprint density at radius 1 is 1.31 bits per heavy atom. The van der Waals surface area contributed by atoms with Crippen LogP contribution in [0.3, 0.4) is 0 Å². The summed E-state index contributed by atoms with van der Waals surface area (Å²) in [4.78, 5) is 23.8. The fraction of sp³-hybridized carbons (Fsp3) is 0.818. The Kier molecular flexibility index (Phi) is 4.58. The van der Waals surface area contributed by atoms with Crippen molar-refractivity contribution < 1.29 is 19.4 Å². The normalized spacial score (nSPS) is 24.9. The summed E-state index contributed by atoms with van der Waals surface area (Å²) in [6.45, 7) is 2.14. The molecule has 1 fully saturated rings. The second-order valence-electron chi connectivity index (χ2n) is 4.15. The topological polar surface area (TPSA) is 66.8 Å². The lowest BCUT2D eigenvalue weighted by Crippen LogP contribution is -2.40. The van der Waals surface area contributed by atoms with Crippen molar-refractivity contribution >= 4 is 12.1 Å². The van der Waals surface area contributed by atoms with Gasteiger partial charge in [0.15, 0.2) is 0 Å². The molecule has 0 bridgehead atoms. The molecular weight excluding hydrogens is 210 g/mol. The van der Waals surface area contributed by atoms with Crippen LogP contribution in [0.2, 0.25) is 0 Å². The molecule has 0 spiro atoms. The van der Waals surface area contributed by atoms with Gasteiger partial charge in [0, 0.05) is 13.1 Å². The molecule has 1 aliphatic carbocycles. The first-order valence-electron chi connectivity index (χ1n) is 5.68. The minimum absolute atomic E-state index is 0.120. The number of hydrogen-bond acceptors (Lipinski definition) is 3. The summed E-state index contributed by atoms with van der Waals surface area (Å²) in [6, 6.07) is 0.120. The van der Waals surface area contributed by atoms with Crippen molar-refractivity contribution in [2.75, 3.05) is 13.7 Å². The van der Waals surface area contributed by atoms with Gasteiger partial charge in [0.2, 0.25) is 0 Å². The summed E-state index contributed by atoms with van der Waals surface area (Å²) in [5.41, 5.74) is 0. The average Bonchev–Trinajstić information content (AvgIpc) is 2.28. The van der Waals surface area contributed by atoms with Crippen LogP contribution in [0.25, 0.3) is 0 Å². The minimum atomic E-state index is -0.725. The van der Waals surface area contributed by atoms with E-state index in [1.807, 2.05) is 0 Å². The summed E-state index contributed by atoms with van der Waals surface area (Å²) in [5.74, 6) is -0.968. The quantitative estimate of drug-likeness (QED) is 0.800. The molecule has 0 aromatic heterocycles. The molecule has 92 valence electrons. The third-order valence-corrected chi connectivity index (χ3v) is 3.15. The monoisotopic (exact) mass is 229 g/mol. The molecule has 1 amide bonds. The van der Waals surface area contributed by atoms with Gasteiger partial charge >= 0.3 is 12.1 Å². The number of carboxylic acid groups (broad SMARTS) is 1. The highest BCUT2D eigenvalue weighted by atomic mass is 16.6. The number of ether oxygens (including phenoxy) is 1. The number of nitrogens with zero attached hydrogens (tertiary/aromatic N) is 1. The summed E-state index contributed by atoms with van der Waals surface area (Å²) >= 11 is 0. The first-order chi connectivity index (χ1) is 7.56. The Morgan fingerprint density at radius 3 is 2.31 bits per heavy atom. The van der Waals surface area contributed by atoms with E-state index in [0.29, 0.717) is 19.4 Å². The van der Waals surface area contributed by atoms with Gasteiger partial charge in [-0.25, -0.2) is 4.79 Å². The molecule has 5 nitrogen and oxygen atoms in total. The molecule has 0 atom stereocenters. The lowest BCUT2D eigenvalue weighted by molar-refractivity contribution is -0.143. The zero-order valence-electron chi connectivity index (χ0n) is 9.81. The van der Waals surface area contributed by atoms with Crippen LogP contribution in [0.15, 0.2) is 0 Å². The first kappa shape index (κ1) is 12.8. The molecule has 5 heteroatoms. The van der Waals surface area contributed by atoms with Crippen LogP contribution < -0.4 is 0 Å². The van der Waals surface area contributed by atoms with Gasteiger partial charge in [-0.1, -0.05) is 0 Å². The van der Waals surface area contributed by atoms with Gasteiger partial charge in [-0.2, -0.15) is 0 Å². The molecular formula is C11H19NO4. The SMILES string of the molecule is CCOC(=O)N(C)C1CCC(C(=O)O)CC1. The van der Waals surface area contributed by atoms with Crippen LogP contribution >= 0.6 is 0 Å². The van der Waals surface area contributed by atoms with Crippen LogP contribution in [0.4, 0.5) is 4.79 Å². The highest BCUT2D eigenvalue weighted by molar-refractivity contribution is 5.70. The Hall–Kier alpha value is -1.26. The number of aliphatic carboxylic acids is 1. The highest BCUT2D eigenvalue weighted by Gasteiger charge is 2.30. The molecule has 1 N–H and O–H groups in total. The molecule has 0 aromatic carbocycles. The van der Waals surface area contributed by atoms with Crippen LogP contribution in [-0.4, -0.2) is 41.8 Å². The number of carbonyl (C=O) groups is 2. The van der Waals surface area contributed by atoms with Crippen LogP contribution in [0.5, 0.6) is 0 Å². The van der Waals surface area contributed by atoms with E-state index in [0.717, 1.165) is 12.8 Å². The van der Waals surface area contributed by atoms with Crippen molar-refractivity contribution in [3.63, 3.8) is 0 Å². The molecule has 0 heterocycles. The van der Waals surface area contributed by atoms with Crippen LogP contribution in [0.1, 0.15) is 32.6 Å². The molecule has 0 aromatic rings. The maximum Gasteiger partial charge on any atom is 0.409 e. The minimum Gasteiger partial charge on any atom is -0.481 e. The van der Waals surface area contributed by atoms with Crippen LogP contribution in [0, 0.1) is 5.92 Å². The van der Waals surface area contributed by atoms with Gasteiger partial charge in [0.1, 0.15) is 0 Å². The van der Waals surface area contributed by atoms with Crippen molar-refractivity contribution in [3.8, 4) is 0 Å². The zero-order chi connectivity index (χ0) is 12.1. The number of hydrogen-bond donors (Lipinski definition) is 1. The summed E-state index contributed by atoms with van der Waals surface area (Å²) in [7, 11) is 1.71. The molecule has 0 radical (unpaired) electrons. The molecule has 1 rings (SSSR count). The predicted octanol–water partition coefficient (Wildman–Crippen LogP) is 1.72. The van der Waals surface area contributed by atoms with E-state index in [1.54, 1.807) is 18.9 Å².